The van der Waals surface area contributed by atoms with Crippen LogP contribution in [0.2, 0.25) is 0 Å². The van der Waals surface area contributed by atoms with E-state index in [0.29, 0.717) is 18.0 Å². The summed E-state index contributed by atoms with van der Waals surface area (Å²) >= 11 is 0. The van der Waals surface area contributed by atoms with Gasteiger partial charge >= 0.3 is 0 Å². The Balaban J connectivity index is 1.36. The number of aliphatic imine (C=N–C) groups is 1. The molecule has 184 valence electrons. The van der Waals surface area contributed by atoms with Crippen LogP contribution in [-0.2, 0) is 9.53 Å². The number of rotatable bonds is 8. The third-order valence-corrected chi connectivity index (χ3v) is 6.45. The number of amides is 1. The molecule has 4 N–H and O–H groups in total. The van der Waals surface area contributed by atoms with Crippen molar-refractivity contribution in [2.75, 3.05) is 41.8 Å². The fourth-order valence-electron chi connectivity index (χ4n) is 4.61. The minimum Gasteiger partial charge on any atom is -0.378 e. The van der Waals surface area contributed by atoms with Crippen LogP contribution in [0.3, 0.4) is 0 Å². The highest BCUT2D eigenvalue weighted by Gasteiger charge is 2.18. The van der Waals surface area contributed by atoms with Gasteiger partial charge in [-0.05, 0) is 61.2 Å². The predicted molar refractivity (Wildman–Crippen MR) is 145 cm³/mol. The van der Waals surface area contributed by atoms with Crippen molar-refractivity contribution in [2.45, 2.75) is 32.1 Å². The van der Waals surface area contributed by atoms with Gasteiger partial charge in [0.2, 0.25) is 5.91 Å². The first kappa shape index (κ1) is 24.5. The van der Waals surface area contributed by atoms with E-state index in [0.717, 1.165) is 61.8 Å². The van der Waals surface area contributed by atoms with Gasteiger partial charge in [-0.3, -0.25) is 4.79 Å². The smallest absolute Gasteiger partial charge is 0.224 e. The Hall–Kier alpha value is -3.58. The molecule has 4 rings (SSSR count). The molecule has 2 aromatic rings. The molecule has 7 heteroatoms. The first-order valence-electron chi connectivity index (χ1n) is 12.4. The van der Waals surface area contributed by atoms with Crippen LogP contribution in [0.1, 0.15) is 37.7 Å². The molecule has 1 saturated heterocycles. The van der Waals surface area contributed by atoms with E-state index in [9.17, 15) is 4.79 Å². The number of nitrogens with zero attached hydrogens (tertiary/aromatic N) is 2. The van der Waals surface area contributed by atoms with E-state index < -0.39 is 0 Å². The Morgan fingerprint density at radius 2 is 1.66 bits per heavy atom. The first-order chi connectivity index (χ1) is 17.1. The number of anilines is 3. The van der Waals surface area contributed by atoms with Gasteiger partial charge in [0.05, 0.1) is 18.9 Å². The molecule has 0 atom stereocenters. The molecule has 1 amide bonds. The van der Waals surface area contributed by atoms with E-state index in [1.165, 1.54) is 12.8 Å². The Morgan fingerprint density at radius 1 is 1.03 bits per heavy atom. The number of guanidine groups is 1. The summed E-state index contributed by atoms with van der Waals surface area (Å²) in [4.78, 5) is 19.2. The molecule has 2 fully saturated rings. The molecule has 0 bridgehead atoms. The van der Waals surface area contributed by atoms with Gasteiger partial charge in [-0.15, -0.1) is 0 Å². The fourth-order valence-corrected chi connectivity index (χ4v) is 4.61. The lowest BCUT2D eigenvalue weighted by Crippen LogP contribution is -2.36. The third kappa shape index (κ3) is 7.20. The maximum Gasteiger partial charge on any atom is 0.224 e. The zero-order valence-electron chi connectivity index (χ0n) is 20.2. The van der Waals surface area contributed by atoms with Gasteiger partial charge in [-0.1, -0.05) is 37.6 Å². The Morgan fingerprint density at radius 3 is 2.31 bits per heavy atom. The van der Waals surface area contributed by atoms with Crippen LogP contribution in [0.15, 0.2) is 72.3 Å². The summed E-state index contributed by atoms with van der Waals surface area (Å²) in [6.07, 6.45) is 8.89. The van der Waals surface area contributed by atoms with Gasteiger partial charge in [0.25, 0.3) is 0 Å². The maximum atomic E-state index is 12.3. The van der Waals surface area contributed by atoms with E-state index in [4.69, 9.17) is 10.5 Å². The third-order valence-electron chi connectivity index (χ3n) is 6.45. The standard InChI is InChI=1S/C28H35N5O2/c1-2-5-26(22-8-10-23(11-9-22)30-27(34)20-21-6-3-4-7-21)32-28(29)31-24-12-14-25(15-13-24)33-16-18-35-19-17-33/h2,5,8-15,21H,1,3-4,6-7,16-20H2,(H,30,34)(H3,29,31,32)/b26-5-. The second kappa shape index (κ2) is 12.2. The molecule has 1 aliphatic heterocycles. The van der Waals surface area contributed by atoms with Gasteiger partial charge in [0, 0.05) is 42.1 Å². The maximum absolute atomic E-state index is 12.3. The molecule has 1 heterocycles. The number of carbonyl (C=O) groups is 1. The van der Waals surface area contributed by atoms with Crippen molar-refractivity contribution in [1.29, 1.82) is 0 Å². The number of benzene rings is 2. The lowest BCUT2D eigenvalue weighted by molar-refractivity contribution is -0.117. The topological polar surface area (TPSA) is 92.0 Å². The Kier molecular flexibility index (Phi) is 8.57. The molecule has 0 spiro atoms. The highest BCUT2D eigenvalue weighted by Crippen LogP contribution is 2.28. The van der Waals surface area contributed by atoms with Crippen LogP contribution in [0.5, 0.6) is 0 Å². The van der Waals surface area contributed by atoms with Gasteiger partial charge in [-0.25, -0.2) is 4.99 Å². The molecule has 2 aliphatic rings. The van der Waals surface area contributed by atoms with E-state index in [2.05, 4.69) is 39.2 Å². The normalized spacial score (nSPS) is 17.3. The fraction of sp³-hybridized carbons (Fsp3) is 0.357. The van der Waals surface area contributed by atoms with Crippen molar-refractivity contribution < 1.29 is 9.53 Å². The molecule has 2 aromatic carbocycles. The van der Waals surface area contributed by atoms with E-state index >= 15 is 0 Å². The Bertz CT molecular complexity index is 1050. The number of allylic oxidation sites excluding steroid dienone is 2. The minimum atomic E-state index is 0.0811. The largest absolute Gasteiger partial charge is 0.378 e. The molecule has 7 nitrogen and oxygen atoms in total. The number of morpholine rings is 1. The summed E-state index contributed by atoms with van der Waals surface area (Å²) in [5, 5.41) is 6.16. The van der Waals surface area contributed by atoms with Crippen molar-refractivity contribution in [3.63, 3.8) is 0 Å². The van der Waals surface area contributed by atoms with E-state index in [-0.39, 0.29) is 11.9 Å². The number of nitrogens with one attached hydrogen (secondary N) is 2. The van der Waals surface area contributed by atoms with Crippen LogP contribution < -0.4 is 21.3 Å². The van der Waals surface area contributed by atoms with Crippen LogP contribution in [0.4, 0.5) is 17.1 Å². The SMILES string of the molecule is C=C/C=C(\N=C(N)Nc1ccc(N2CCOCC2)cc1)c1ccc(NC(=O)CC2CCCC2)cc1. The van der Waals surface area contributed by atoms with E-state index in [1.807, 2.05) is 42.5 Å². The van der Waals surface area contributed by atoms with Crippen LogP contribution in [0, 0.1) is 5.92 Å². The van der Waals surface area contributed by atoms with Gasteiger partial charge in [0.15, 0.2) is 5.96 Å². The van der Waals surface area contributed by atoms with Crippen LogP contribution in [0.25, 0.3) is 5.70 Å². The first-order valence-corrected chi connectivity index (χ1v) is 12.4. The summed E-state index contributed by atoms with van der Waals surface area (Å²) in [5.41, 5.74) is 10.6. The summed E-state index contributed by atoms with van der Waals surface area (Å²) in [7, 11) is 0. The van der Waals surface area contributed by atoms with Gasteiger partial charge in [-0.2, -0.15) is 0 Å². The zero-order chi connectivity index (χ0) is 24.5. The van der Waals surface area contributed by atoms with Crippen molar-refractivity contribution in [2.24, 2.45) is 16.6 Å². The van der Waals surface area contributed by atoms with Crippen molar-refractivity contribution in [3.8, 4) is 0 Å². The number of ether oxygens (including phenoxy) is 1. The second-order valence-corrected chi connectivity index (χ2v) is 9.04. The summed E-state index contributed by atoms with van der Waals surface area (Å²) in [6, 6.07) is 15.8. The lowest BCUT2D eigenvalue weighted by Gasteiger charge is -2.28. The van der Waals surface area contributed by atoms with Crippen molar-refractivity contribution in [3.05, 3.63) is 72.8 Å². The number of carbonyl (C=O) groups excluding carboxylic acids is 1. The lowest BCUT2D eigenvalue weighted by atomic mass is 10.0. The number of hydrogen-bond acceptors (Lipinski definition) is 4. The molecule has 0 aromatic heterocycles. The monoisotopic (exact) mass is 473 g/mol. The predicted octanol–water partition coefficient (Wildman–Crippen LogP) is 5.00. The summed E-state index contributed by atoms with van der Waals surface area (Å²) in [5.74, 6) is 0.889. The van der Waals surface area contributed by atoms with Crippen molar-refractivity contribution >= 4 is 34.6 Å². The molecule has 0 radical (unpaired) electrons. The van der Waals surface area contributed by atoms with E-state index in [1.54, 1.807) is 6.08 Å². The molecular weight excluding hydrogens is 438 g/mol. The van der Waals surface area contributed by atoms with Crippen molar-refractivity contribution in [1.82, 2.24) is 0 Å². The molecule has 1 aliphatic carbocycles. The molecular formula is C28H35N5O2. The van der Waals surface area contributed by atoms with Crippen LogP contribution >= 0.6 is 0 Å². The zero-order valence-corrected chi connectivity index (χ0v) is 20.2. The Labute approximate surface area is 207 Å². The van der Waals surface area contributed by atoms with Gasteiger partial charge < -0.3 is 26.0 Å². The highest BCUT2D eigenvalue weighted by atomic mass is 16.5. The molecule has 35 heavy (non-hydrogen) atoms. The molecule has 1 saturated carbocycles. The summed E-state index contributed by atoms with van der Waals surface area (Å²) < 4.78 is 5.42. The highest BCUT2D eigenvalue weighted by molar-refractivity contribution is 5.96. The average molecular weight is 474 g/mol. The average Bonchev–Trinajstić information content (AvgIpc) is 3.38. The van der Waals surface area contributed by atoms with Gasteiger partial charge in [0.1, 0.15) is 0 Å². The number of nitrogens with two attached hydrogens (primary N) is 1. The quantitative estimate of drug-likeness (QED) is 0.285. The minimum absolute atomic E-state index is 0.0811. The second-order valence-electron chi connectivity index (χ2n) is 9.04. The van der Waals surface area contributed by atoms with Crippen LogP contribution in [-0.4, -0.2) is 38.2 Å². The molecule has 0 unspecified atom stereocenters. The summed E-state index contributed by atoms with van der Waals surface area (Å²) in [6.45, 7) is 7.11. The number of hydrogen-bond donors (Lipinski definition) is 3.